The van der Waals surface area contributed by atoms with E-state index in [1.807, 2.05) is 30.3 Å². The predicted molar refractivity (Wildman–Crippen MR) is 137 cm³/mol. The van der Waals surface area contributed by atoms with Crippen LogP contribution in [0, 0.1) is 0 Å². The maximum absolute atomic E-state index is 13.7. The highest BCUT2D eigenvalue weighted by atomic mass is 35.5. The number of benzene rings is 4. The molecule has 1 aromatic heterocycles. The van der Waals surface area contributed by atoms with Gasteiger partial charge in [-0.1, -0.05) is 78.3 Å². The number of hydrogen-bond donors (Lipinski definition) is 0. The van der Waals surface area contributed by atoms with Gasteiger partial charge in [-0.2, -0.15) is 0 Å². The molecule has 5 aromatic rings. The third-order valence-corrected chi connectivity index (χ3v) is 7.67. The number of hydrogen-bond acceptors (Lipinski definition) is 4. The molecule has 35 heavy (non-hydrogen) atoms. The van der Waals surface area contributed by atoms with Gasteiger partial charge in [0.1, 0.15) is 18.1 Å². The van der Waals surface area contributed by atoms with Crippen LogP contribution in [0.3, 0.4) is 0 Å². The maximum Gasteiger partial charge on any atom is 0.268 e. The number of carbonyl (C=O) groups excluding carboxylic acids is 1. The van der Waals surface area contributed by atoms with Gasteiger partial charge in [0, 0.05) is 10.9 Å². The van der Waals surface area contributed by atoms with Gasteiger partial charge in [-0.3, -0.25) is 4.79 Å². The first-order chi connectivity index (χ1) is 16.9. The van der Waals surface area contributed by atoms with E-state index in [2.05, 4.69) is 0 Å². The topological polar surface area (TPSA) is 65.4 Å². The lowest BCUT2D eigenvalue weighted by Crippen LogP contribution is -2.19. The standard InChI is InChI=1S/C28H20ClNO4S/c29-24-16-15-22(18-27(24)34-19-20-9-3-1-4-10-20)28(31)26-17-21-11-7-8-14-25(21)30(26)35(32,33)23-12-5-2-6-13-23/h1-18H,19H2. The van der Waals surface area contributed by atoms with E-state index < -0.39 is 15.8 Å². The number of fused-ring (bicyclic) bond motifs is 1. The third kappa shape index (κ3) is 4.46. The molecule has 5 nitrogen and oxygen atoms in total. The number of carbonyl (C=O) groups is 1. The van der Waals surface area contributed by atoms with E-state index >= 15 is 0 Å². The lowest BCUT2D eigenvalue weighted by atomic mass is 10.1. The summed E-state index contributed by atoms with van der Waals surface area (Å²) in [5.74, 6) is -0.114. The monoisotopic (exact) mass is 501 g/mol. The Labute approximate surface area is 208 Å². The zero-order valence-corrected chi connectivity index (χ0v) is 20.0. The summed E-state index contributed by atoms with van der Waals surface area (Å²) in [4.78, 5) is 13.8. The molecular formula is C28H20ClNO4S. The van der Waals surface area contributed by atoms with E-state index in [1.54, 1.807) is 66.7 Å². The summed E-state index contributed by atoms with van der Waals surface area (Å²) in [6, 6.07) is 30.9. The molecule has 5 rings (SSSR count). The summed E-state index contributed by atoms with van der Waals surface area (Å²) in [6.07, 6.45) is 0. The van der Waals surface area contributed by atoms with Gasteiger partial charge >= 0.3 is 0 Å². The molecule has 0 amide bonds. The molecule has 0 saturated carbocycles. The van der Waals surface area contributed by atoms with E-state index in [0.717, 1.165) is 9.54 Å². The third-order valence-electron chi connectivity index (χ3n) is 5.61. The molecule has 0 radical (unpaired) electrons. The van der Waals surface area contributed by atoms with Gasteiger partial charge in [-0.15, -0.1) is 0 Å². The second-order valence-corrected chi connectivity index (χ2v) is 10.1. The van der Waals surface area contributed by atoms with Gasteiger partial charge in [0.05, 0.1) is 15.4 Å². The minimum absolute atomic E-state index is 0.0337. The second kappa shape index (κ2) is 9.41. The van der Waals surface area contributed by atoms with E-state index in [9.17, 15) is 13.2 Å². The summed E-state index contributed by atoms with van der Waals surface area (Å²) >= 11 is 6.32. The highest BCUT2D eigenvalue weighted by Crippen LogP contribution is 2.31. The molecule has 0 spiro atoms. The number of nitrogens with zero attached hydrogens (tertiary/aromatic N) is 1. The molecule has 0 N–H and O–H groups in total. The normalized spacial score (nSPS) is 11.5. The van der Waals surface area contributed by atoms with Gasteiger partial charge in [-0.25, -0.2) is 12.4 Å². The summed E-state index contributed by atoms with van der Waals surface area (Å²) in [6.45, 7) is 0.279. The summed E-state index contributed by atoms with van der Waals surface area (Å²) < 4.78 is 34.2. The quantitative estimate of drug-likeness (QED) is 0.244. The minimum atomic E-state index is -4.03. The van der Waals surface area contributed by atoms with Crippen molar-refractivity contribution in [3.63, 3.8) is 0 Å². The summed E-state index contributed by atoms with van der Waals surface area (Å²) in [5.41, 5.74) is 1.68. The average molecular weight is 502 g/mol. The molecule has 0 saturated heterocycles. The van der Waals surface area contributed by atoms with Gasteiger partial charge in [0.2, 0.25) is 5.78 Å². The van der Waals surface area contributed by atoms with Crippen molar-refractivity contribution in [1.82, 2.24) is 3.97 Å². The van der Waals surface area contributed by atoms with Crippen LogP contribution < -0.4 is 4.74 Å². The van der Waals surface area contributed by atoms with Crippen LogP contribution in [0.4, 0.5) is 0 Å². The predicted octanol–water partition coefficient (Wildman–Crippen LogP) is 6.34. The maximum atomic E-state index is 13.7. The van der Waals surface area contributed by atoms with Gasteiger partial charge < -0.3 is 4.74 Å². The van der Waals surface area contributed by atoms with E-state index in [0.29, 0.717) is 21.7 Å². The SMILES string of the molecule is O=C(c1ccc(Cl)c(OCc2ccccc2)c1)c1cc2ccccc2n1S(=O)(=O)c1ccccc1. The van der Waals surface area contributed by atoms with Crippen LogP contribution in [0.25, 0.3) is 10.9 Å². The number of para-hydroxylation sites is 1. The van der Waals surface area contributed by atoms with Crippen LogP contribution in [0.2, 0.25) is 5.02 Å². The molecule has 174 valence electrons. The fourth-order valence-corrected chi connectivity index (χ4v) is 5.59. The molecular weight excluding hydrogens is 482 g/mol. The number of aromatic nitrogens is 1. The number of ether oxygens (including phenoxy) is 1. The van der Waals surface area contributed by atoms with Crippen LogP contribution in [0.5, 0.6) is 5.75 Å². The lowest BCUT2D eigenvalue weighted by Gasteiger charge is -2.13. The molecule has 1 heterocycles. The van der Waals surface area contributed by atoms with Crippen LogP contribution in [-0.2, 0) is 16.6 Å². The van der Waals surface area contributed by atoms with Crippen LogP contribution in [0.1, 0.15) is 21.6 Å². The largest absolute Gasteiger partial charge is 0.487 e. The van der Waals surface area contributed by atoms with E-state index in [1.165, 1.54) is 12.1 Å². The Morgan fingerprint density at radius 2 is 1.46 bits per heavy atom. The smallest absolute Gasteiger partial charge is 0.268 e. The molecule has 0 bridgehead atoms. The molecule has 0 unspecified atom stereocenters. The Kier molecular flexibility index (Phi) is 6.16. The van der Waals surface area contributed by atoms with Gasteiger partial charge in [0.25, 0.3) is 10.0 Å². The lowest BCUT2D eigenvalue weighted by molar-refractivity contribution is 0.103. The number of ketones is 1. The number of halogens is 1. The zero-order valence-electron chi connectivity index (χ0n) is 18.5. The molecule has 0 aliphatic heterocycles. The van der Waals surface area contributed by atoms with Crippen molar-refractivity contribution in [1.29, 1.82) is 0 Å². The van der Waals surface area contributed by atoms with Crippen LogP contribution in [-0.4, -0.2) is 18.2 Å². The van der Waals surface area contributed by atoms with Crippen LogP contribution in [0.15, 0.2) is 114 Å². The summed E-state index contributed by atoms with van der Waals surface area (Å²) in [5, 5.41) is 1.000. The first-order valence-electron chi connectivity index (χ1n) is 10.9. The fourth-order valence-electron chi connectivity index (χ4n) is 3.88. The second-order valence-electron chi connectivity index (χ2n) is 7.92. The molecule has 7 heteroatoms. The first-order valence-corrected chi connectivity index (χ1v) is 12.7. The van der Waals surface area contributed by atoms with Crippen LogP contribution >= 0.6 is 11.6 Å². The van der Waals surface area contributed by atoms with Crippen molar-refractivity contribution in [2.75, 3.05) is 0 Å². The molecule has 0 aliphatic rings. The average Bonchev–Trinajstić information content (AvgIpc) is 3.29. The Morgan fingerprint density at radius 1 is 0.800 bits per heavy atom. The zero-order chi connectivity index (χ0) is 24.4. The molecule has 0 atom stereocenters. The Hall–Kier alpha value is -3.87. The van der Waals surface area contributed by atoms with Crippen molar-refractivity contribution >= 4 is 38.3 Å². The molecule has 0 aliphatic carbocycles. The highest BCUT2D eigenvalue weighted by molar-refractivity contribution is 7.90. The van der Waals surface area contributed by atoms with Crippen molar-refractivity contribution < 1.29 is 17.9 Å². The Balaban J connectivity index is 1.58. The molecule has 0 fully saturated rings. The summed E-state index contributed by atoms with van der Waals surface area (Å²) in [7, 11) is -4.03. The van der Waals surface area contributed by atoms with E-state index in [4.69, 9.17) is 16.3 Å². The fraction of sp³-hybridized carbons (Fsp3) is 0.0357. The van der Waals surface area contributed by atoms with E-state index in [-0.39, 0.29) is 22.8 Å². The first kappa shape index (κ1) is 22.9. The van der Waals surface area contributed by atoms with Crippen molar-refractivity contribution in [3.8, 4) is 5.75 Å². The van der Waals surface area contributed by atoms with Gasteiger partial charge in [0.15, 0.2) is 0 Å². The Morgan fingerprint density at radius 3 is 2.20 bits per heavy atom. The number of rotatable bonds is 7. The van der Waals surface area contributed by atoms with Gasteiger partial charge in [-0.05, 0) is 48.0 Å². The molecule has 4 aromatic carbocycles. The van der Waals surface area contributed by atoms with Crippen molar-refractivity contribution in [3.05, 3.63) is 131 Å². The van der Waals surface area contributed by atoms with Crippen molar-refractivity contribution in [2.45, 2.75) is 11.5 Å². The minimum Gasteiger partial charge on any atom is -0.487 e. The highest BCUT2D eigenvalue weighted by Gasteiger charge is 2.27. The Bertz CT molecular complexity index is 1630. The van der Waals surface area contributed by atoms with Crippen molar-refractivity contribution in [2.24, 2.45) is 0 Å².